The van der Waals surface area contributed by atoms with Crippen LogP contribution >= 0.6 is 0 Å². The molecule has 25 heavy (non-hydrogen) atoms. The van der Waals surface area contributed by atoms with E-state index in [4.69, 9.17) is 10.6 Å². The van der Waals surface area contributed by atoms with Crippen molar-refractivity contribution in [3.63, 3.8) is 0 Å². The number of hydrogen-bond acceptors (Lipinski definition) is 4. The molecule has 4 aromatic rings. The van der Waals surface area contributed by atoms with E-state index >= 15 is 0 Å². The van der Waals surface area contributed by atoms with Gasteiger partial charge in [0.1, 0.15) is 12.1 Å². The SMILES string of the molecule is COc1ccc(-n2cc(-c3ccccc3)c3c(=O)n(N)cnc32)cc1. The Bertz CT molecular complexity index is 1100. The molecule has 0 fully saturated rings. The van der Waals surface area contributed by atoms with E-state index in [0.29, 0.717) is 11.0 Å². The normalized spacial score (nSPS) is 10.9. The minimum absolute atomic E-state index is 0.281. The van der Waals surface area contributed by atoms with E-state index < -0.39 is 0 Å². The van der Waals surface area contributed by atoms with Crippen LogP contribution in [0.5, 0.6) is 5.75 Å². The lowest BCUT2D eigenvalue weighted by atomic mass is 10.1. The van der Waals surface area contributed by atoms with E-state index in [1.807, 2.05) is 65.4 Å². The van der Waals surface area contributed by atoms with Gasteiger partial charge in [0.05, 0.1) is 12.5 Å². The summed E-state index contributed by atoms with van der Waals surface area (Å²) in [5, 5.41) is 0.493. The van der Waals surface area contributed by atoms with Crippen LogP contribution in [0.15, 0.2) is 71.9 Å². The summed E-state index contributed by atoms with van der Waals surface area (Å²) >= 11 is 0. The number of fused-ring (bicyclic) bond motifs is 1. The molecule has 124 valence electrons. The van der Waals surface area contributed by atoms with Crippen molar-refractivity contribution in [3.05, 3.63) is 77.5 Å². The second-order valence-corrected chi connectivity index (χ2v) is 5.63. The molecular weight excluding hydrogens is 316 g/mol. The topological polar surface area (TPSA) is 75.1 Å². The van der Waals surface area contributed by atoms with Crippen LogP contribution in [0, 0.1) is 0 Å². The van der Waals surface area contributed by atoms with E-state index in [1.165, 1.54) is 6.33 Å². The first-order valence-corrected chi connectivity index (χ1v) is 7.76. The summed E-state index contributed by atoms with van der Waals surface area (Å²) in [4.78, 5) is 17.0. The van der Waals surface area contributed by atoms with E-state index in [2.05, 4.69) is 4.98 Å². The van der Waals surface area contributed by atoms with Gasteiger partial charge >= 0.3 is 0 Å². The Morgan fingerprint density at radius 2 is 1.76 bits per heavy atom. The molecule has 0 bridgehead atoms. The summed E-state index contributed by atoms with van der Waals surface area (Å²) in [5.74, 6) is 6.50. The summed E-state index contributed by atoms with van der Waals surface area (Å²) in [6, 6.07) is 17.3. The minimum Gasteiger partial charge on any atom is -0.497 e. The Hall–Kier alpha value is -3.54. The first-order valence-electron chi connectivity index (χ1n) is 7.76. The average Bonchev–Trinajstić information content (AvgIpc) is 3.06. The van der Waals surface area contributed by atoms with Crippen LogP contribution in [0.4, 0.5) is 0 Å². The van der Waals surface area contributed by atoms with Crippen molar-refractivity contribution in [2.75, 3.05) is 13.0 Å². The zero-order chi connectivity index (χ0) is 17.4. The van der Waals surface area contributed by atoms with Crippen molar-refractivity contribution in [2.45, 2.75) is 0 Å². The fourth-order valence-corrected chi connectivity index (χ4v) is 2.91. The number of ether oxygens (including phenoxy) is 1. The number of nitrogen functional groups attached to an aromatic ring is 1. The van der Waals surface area contributed by atoms with Gasteiger partial charge < -0.3 is 15.1 Å². The van der Waals surface area contributed by atoms with Crippen molar-refractivity contribution in [3.8, 4) is 22.6 Å². The number of methoxy groups -OCH3 is 1. The van der Waals surface area contributed by atoms with Gasteiger partial charge in [-0.15, -0.1) is 0 Å². The molecule has 0 amide bonds. The molecule has 0 radical (unpaired) electrons. The quantitative estimate of drug-likeness (QED) is 0.585. The second kappa shape index (κ2) is 5.83. The number of rotatable bonds is 3. The molecule has 0 aliphatic heterocycles. The maximum Gasteiger partial charge on any atom is 0.281 e. The lowest BCUT2D eigenvalue weighted by molar-refractivity contribution is 0.415. The third-order valence-corrected chi connectivity index (χ3v) is 4.17. The Morgan fingerprint density at radius 3 is 2.44 bits per heavy atom. The predicted octanol–water partition coefficient (Wildman–Crippen LogP) is 2.58. The van der Waals surface area contributed by atoms with E-state index in [0.717, 1.165) is 27.2 Å². The highest BCUT2D eigenvalue weighted by Gasteiger charge is 2.16. The lowest BCUT2D eigenvalue weighted by Gasteiger charge is -2.06. The number of nitrogens with two attached hydrogens (primary N) is 1. The third-order valence-electron chi connectivity index (χ3n) is 4.17. The average molecular weight is 332 g/mol. The number of nitrogens with zero attached hydrogens (tertiary/aromatic N) is 3. The molecule has 0 atom stereocenters. The van der Waals surface area contributed by atoms with E-state index in [9.17, 15) is 4.79 Å². The molecule has 2 heterocycles. The second-order valence-electron chi connectivity index (χ2n) is 5.63. The third kappa shape index (κ3) is 2.44. The number of hydrogen-bond donors (Lipinski definition) is 1. The first-order chi connectivity index (χ1) is 12.2. The van der Waals surface area contributed by atoms with Crippen molar-refractivity contribution in [2.24, 2.45) is 0 Å². The zero-order valence-electron chi connectivity index (χ0n) is 13.6. The van der Waals surface area contributed by atoms with Crippen LogP contribution in [-0.4, -0.2) is 21.3 Å². The molecule has 0 aliphatic carbocycles. The molecule has 0 aliphatic rings. The van der Waals surface area contributed by atoms with Crippen molar-refractivity contribution < 1.29 is 4.74 Å². The van der Waals surface area contributed by atoms with Crippen molar-refractivity contribution in [1.82, 2.24) is 14.2 Å². The number of aromatic nitrogens is 3. The molecule has 2 aromatic carbocycles. The Kier molecular flexibility index (Phi) is 3.50. The highest BCUT2D eigenvalue weighted by atomic mass is 16.5. The Balaban J connectivity index is 2.03. The van der Waals surface area contributed by atoms with Gasteiger partial charge in [0.25, 0.3) is 5.56 Å². The maximum atomic E-state index is 12.6. The highest BCUT2D eigenvalue weighted by Crippen LogP contribution is 2.29. The van der Waals surface area contributed by atoms with E-state index in [-0.39, 0.29) is 5.56 Å². The van der Waals surface area contributed by atoms with Gasteiger partial charge in [-0.2, -0.15) is 0 Å². The van der Waals surface area contributed by atoms with Crippen LogP contribution in [0.3, 0.4) is 0 Å². The zero-order valence-corrected chi connectivity index (χ0v) is 13.6. The minimum atomic E-state index is -0.281. The molecule has 6 nitrogen and oxygen atoms in total. The smallest absolute Gasteiger partial charge is 0.281 e. The van der Waals surface area contributed by atoms with Gasteiger partial charge in [-0.25, -0.2) is 9.66 Å². The maximum absolute atomic E-state index is 12.6. The van der Waals surface area contributed by atoms with Gasteiger partial charge in [0.15, 0.2) is 5.65 Å². The Morgan fingerprint density at radius 1 is 1.04 bits per heavy atom. The summed E-state index contributed by atoms with van der Waals surface area (Å²) in [7, 11) is 1.62. The molecule has 0 spiro atoms. The summed E-state index contributed by atoms with van der Waals surface area (Å²) in [5.41, 5.74) is 2.90. The van der Waals surface area contributed by atoms with Gasteiger partial charge in [-0.1, -0.05) is 30.3 Å². The fraction of sp³-hybridized carbons (Fsp3) is 0.0526. The number of benzene rings is 2. The standard InChI is InChI=1S/C19H16N4O2/c1-25-15-9-7-14(8-10-15)22-11-16(13-5-3-2-4-6-13)17-18(22)21-12-23(20)19(17)24/h2-12H,20H2,1H3. The van der Waals surface area contributed by atoms with Gasteiger partial charge in [0, 0.05) is 17.4 Å². The molecular formula is C19H16N4O2. The largest absolute Gasteiger partial charge is 0.497 e. The van der Waals surface area contributed by atoms with Crippen LogP contribution in [0.2, 0.25) is 0 Å². The molecule has 0 saturated heterocycles. The summed E-state index contributed by atoms with van der Waals surface area (Å²) in [6.07, 6.45) is 3.25. The lowest BCUT2D eigenvalue weighted by Crippen LogP contribution is -2.27. The first kappa shape index (κ1) is 15.0. The van der Waals surface area contributed by atoms with Crippen LogP contribution in [-0.2, 0) is 0 Å². The van der Waals surface area contributed by atoms with Crippen LogP contribution < -0.4 is 16.1 Å². The van der Waals surface area contributed by atoms with Gasteiger partial charge in [0.2, 0.25) is 0 Å². The predicted molar refractivity (Wildman–Crippen MR) is 97.5 cm³/mol. The van der Waals surface area contributed by atoms with Crippen molar-refractivity contribution >= 4 is 11.0 Å². The Labute approximate surface area is 143 Å². The van der Waals surface area contributed by atoms with Crippen LogP contribution in [0.1, 0.15) is 0 Å². The monoisotopic (exact) mass is 332 g/mol. The highest BCUT2D eigenvalue weighted by molar-refractivity contribution is 5.94. The van der Waals surface area contributed by atoms with E-state index in [1.54, 1.807) is 7.11 Å². The molecule has 4 rings (SSSR count). The molecule has 2 aromatic heterocycles. The van der Waals surface area contributed by atoms with Gasteiger partial charge in [-0.05, 0) is 29.8 Å². The van der Waals surface area contributed by atoms with Gasteiger partial charge in [-0.3, -0.25) is 4.79 Å². The molecule has 2 N–H and O–H groups in total. The summed E-state index contributed by atoms with van der Waals surface area (Å²) in [6.45, 7) is 0. The fourth-order valence-electron chi connectivity index (χ4n) is 2.91. The van der Waals surface area contributed by atoms with Crippen LogP contribution in [0.25, 0.3) is 27.8 Å². The molecule has 0 saturated carbocycles. The molecule has 6 heteroatoms. The summed E-state index contributed by atoms with van der Waals surface area (Å²) < 4.78 is 8.10. The van der Waals surface area contributed by atoms with Crippen molar-refractivity contribution in [1.29, 1.82) is 0 Å². The molecule has 0 unspecified atom stereocenters.